The minimum absolute atomic E-state index is 0.312. The van der Waals surface area contributed by atoms with E-state index in [1.165, 1.54) is 5.56 Å². The zero-order valence-corrected chi connectivity index (χ0v) is 10.9. The average molecular weight is 268 g/mol. The minimum Gasteiger partial charge on any atom is -0.547 e. The molecule has 0 radical (unpaired) electrons. The average Bonchev–Trinajstić information content (AvgIpc) is 3.12. The number of ether oxygens (including phenoxy) is 1. The highest BCUT2D eigenvalue weighted by molar-refractivity contribution is 6.30. The van der Waals surface area contributed by atoms with E-state index in [0.717, 1.165) is 30.7 Å². The number of carboxylic acid groups (broad SMARTS) is 1. The molecule has 0 amide bonds. The van der Waals surface area contributed by atoms with E-state index in [1.807, 2.05) is 24.3 Å². The molecule has 2 rings (SSSR count). The lowest BCUT2D eigenvalue weighted by atomic mass is 10.0. The summed E-state index contributed by atoms with van der Waals surface area (Å²) < 4.78 is 4.96. The first-order chi connectivity index (χ1) is 8.62. The summed E-state index contributed by atoms with van der Waals surface area (Å²) in [6.45, 7) is 0.312. The predicted octanol–water partition coefficient (Wildman–Crippen LogP) is 1.96. The molecule has 0 unspecified atom stereocenters. The van der Waals surface area contributed by atoms with Crippen LogP contribution in [0.1, 0.15) is 31.2 Å². The van der Waals surface area contributed by atoms with Gasteiger partial charge < -0.3 is 14.6 Å². The molecule has 1 aliphatic rings. The van der Waals surface area contributed by atoms with Gasteiger partial charge >= 0.3 is 0 Å². The van der Waals surface area contributed by atoms with E-state index in [0.29, 0.717) is 13.0 Å². The van der Waals surface area contributed by atoms with Crippen molar-refractivity contribution in [3.8, 4) is 0 Å². The van der Waals surface area contributed by atoms with E-state index in [-0.39, 0.29) is 0 Å². The zero-order valence-electron chi connectivity index (χ0n) is 10.2. The van der Waals surface area contributed by atoms with Gasteiger partial charge in [0.2, 0.25) is 0 Å². The summed E-state index contributed by atoms with van der Waals surface area (Å²) in [5.74, 6) is -1.07. The summed E-state index contributed by atoms with van der Waals surface area (Å²) in [5, 5.41) is 11.5. The third-order valence-corrected chi connectivity index (χ3v) is 3.58. The molecule has 1 heterocycles. The summed E-state index contributed by atoms with van der Waals surface area (Å²) in [7, 11) is 0. The lowest BCUT2D eigenvalue weighted by Crippen LogP contribution is -2.38. The lowest BCUT2D eigenvalue weighted by molar-refractivity contribution is -0.312. The number of rotatable bonds is 7. The van der Waals surface area contributed by atoms with Crippen LogP contribution in [0, 0.1) is 0 Å². The molecule has 4 heteroatoms. The molecule has 1 aliphatic heterocycles. The van der Waals surface area contributed by atoms with Crippen molar-refractivity contribution in [3.05, 3.63) is 34.9 Å². The van der Waals surface area contributed by atoms with Crippen LogP contribution in [0.2, 0.25) is 5.02 Å². The maximum absolute atomic E-state index is 10.8. The molecule has 0 aromatic heterocycles. The van der Waals surface area contributed by atoms with Gasteiger partial charge in [-0.15, -0.1) is 0 Å². The Bertz CT molecular complexity index is 410. The molecule has 3 nitrogen and oxygen atoms in total. The molecule has 0 bridgehead atoms. The third kappa shape index (κ3) is 3.47. The standard InChI is InChI=1S/C14H17ClO3/c15-12-7-5-11(6-8-12)4-2-1-3-9-14(10-18-14)13(16)17/h5-8H,1-4,9-10H2,(H,16,17)/p-1/t14-/m1/s1. The number of hydrogen-bond acceptors (Lipinski definition) is 3. The molecule has 1 aromatic rings. The molecular weight excluding hydrogens is 252 g/mol. The molecule has 98 valence electrons. The molecule has 18 heavy (non-hydrogen) atoms. The van der Waals surface area contributed by atoms with Crippen molar-refractivity contribution in [1.29, 1.82) is 0 Å². The van der Waals surface area contributed by atoms with Gasteiger partial charge in [0, 0.05) is 5.02 Å². The number of epoxide rings is 1. The van der Waals surface area contributed by atoms with Crippen LogP contribution in [0.15, 0.2) is 24.3 Å². The lowest BCUT2D eigenvalue weighted by Gasteiger charge is -2.12. The van der Waals surface area contributed by atoms with Crippen LogP contribution < -0.4 is 5.11 Å². The number of halogens is 1. The Balaban J connectivity index is 1.62. The Morgan fingerprint density at radius 1 is 1.28 bits per heavy atom. The molecule has 0 N–H and O–H groups in total. The van der Waals surface area contributed by atoms with Crippen LogP contribution in [-0.2, 0) is 16.0 Å². The van der Waals surface area contributed by atoms with Crippen LogP contribution in [0.4, 0.5) is 0 Å². The maximum Gasteiger partial charge on any atom is 0.131 e. The molecule has 1 saturated heterocycles. The number of benzene rings is 1. The van der Waals surface area contributed by atoms with Crippen molar-refractivity contribution in [2.45, 2.75) is 37.7 Å². The second kappa shape index (κ2) is 5.72. The molecule has 1 fully saturated rings. The fourth-order valence-electron chi connectivity index (χ4n) is 2.02. The van der Waals surface area contributed by atoms with Crippen LogP contribution in [-0.4, -0.2) is 18.2 Å². The van der Waals surface area contributed by atoms with Gasteiger partial charge in [0.05, 0.1) is 12.6 Å². The van der Waals surface area contributed by atoms with E-state index in [1.54, 1.807) is 0 Å². The number of carbonyl (C=O) groups is 1. The molecule has 1 atom stereocenters. The largest absolute Gasteiger partial charge is 0.547 e. The SMILES string of the molecule is O=C([O-])[C@@]1(CCCCCc2ccc(Cl)cc2)CO1. The number of carbonyl (C=O) groups excluding carboxylic acids is 1. The number of unbranched alkanes of at least 4 members (excludes halogenated alkanes) is 2. The number of aliphatic carboxylic acids is 1. The monoisotopic (exact) mass is 267 g/mol. The second-order valence-electron chi connectivity index (χ2n) is 4.76. The smallest absolute Gasteiger partial charge is 0.131 e. The Labute approximate surface area is 112 Å². The van der Waals surface area contributed by atoms with Crippen molar-refractivity contribution in [3.63, 3.8) is 0 Å². The Kier molecular flexibility index (Phi) is 4.25. The minimum atomic E-state index is -1.07. The van der Waals surface area contributed by atoms with Gasteiger partial charge in [0.15, 0.2) is 0 Å². The number of hydrogen-bond donors (Lipinski definition) is 0. The summed E-state index contributed by atoms with van der Waals surface area (Å²) in [4.78, 5) is 10.8. The van der Waals surface area contributed by atoms with Crippen LogP contribution in [0.25, 0.3) is 0 Å². The van der Waals surface area contributed by atoms with Gasteiger partial charge in [-0.25, -0.2) is 0 Å². The van der Waals surface area contributed by atoms with Crippen LogP contribution in [0.5, 0.6) is 0 Å². The van der Waals surface area contributed by atoms with E-state index in [2.05, 4.69) is 0 Å². The Morgan fingerprint density at radius 3 is 2.50 bits per heavy atom. The van der Waals surface area contributed by atoms with Crippen LogP contribution in [0.3, 0.4) is 0 Å². The summed E-state index contributed by atoms with van der Waals surface area (Å²) >= 11 is 5.81. The van der Waals surface area contributed by atoms with Crippen molar-refractivity contribution >= 4 is 17.6 Å². The first-order valence-corrected chi connectivity index (χ1v) is 6.60. The van der Waals surface area contributed by atoms with Crippen molar-refractivity contribution in [1.82, 2.24) is 0 Å². The van der Waals surface area contributed by atoms with E-state index in [4.69, 9.17) is 16.3 Å². The van der Waals surface area contributed by atoms with Gasteiger partial charge in [-0.3, -0.25) is 0 Å². The van der Waals surface area contributed by atoms with E-state index in [9.17, 15) is 9.90 Å². The zero-order chi connectivity index (χ0) is 13.0. The summed E-state index contributed by atoms with van der Waals surface area (Å²) in [6.07, 6.45) is 4.47. The highest BCUT2D eigenvalue weighted by Gasteiger charge is 2.45. The van der Waals surface area contributed by atoms with Crippen LogP contribution >= 0.6 is 11.6 Å². The van der Waals surface area contributed by atoms with Gasteiger partial charge in [-0.2, -0.15) is 0 Å². The topological polar surface area (TPSA) is 52.7 Å². The first-order valence-electron chi connectivity index (χ1n) is 6.22. The quantitative estimate of drug-likeness (QED) is 0.561. The van der Waals surface area contributed by atoms with Crippen molar-refractivity contribution < 1.29 is 14.6 Å². The molecule has 0 saturated carbocycles. The fourth-order valence-corrected chi connectivity index (χ4v) is 2.14. The fraction of sp³-hybridized carbons (Fsp3) is 0.500. The predicted molar refractivity (Wildman–Crippen MR) is 67.3 cm³/mol. The normalized spacial score (nSPS) is 21.8. The van der Waals surface area contributed by atoms with Crippen molar-refractivity contribution in [2.24, 2.45) is 0 Å². The Hall–Kier alpha value is -1.06. The van der Waals surface area contributed by atoms with Gasteiger partial charge in [0.1, 0.15) is 5.60 Å². The molecule has 1 aromatic carbocycles. The maximum atomic E-state index is 10.8. The highest BCUT2D eigenvalue weighted by atomic mass is 35.5. The van der Waals surface area contributed by atoms with Crippen molar-refractivity contribution in [2.75, 3.05) is 6.61 Å². The molecule has 0 spiro atoms. The van der Waals surface area contributed by atoms with E-state index >= 15 is 0 Å². The number of aryl methyl sites for hydroxylation is 1. The van der Waals surface area contributed by atoms with Gasteiger partial charge in [-0.1, -0.05) is 36.6 Å². The molecule has 0 aliphatic carbocycles. The summed E-state index contributed by atoms with van der Waals surface area (Å²) in [5.41, 5.74) is 0.303. The van der Waals surface area contributed by atoms with E-state index < -0.39 is 11.6 Å². The summed E-state index contributed by atoms with van der Waals surface area (Å²) in [6, 6.07) is 7.82. The van der Waals surface area contributed by atoms with Gasteiger partial charge in [0.25, 0.3) is 0 Å². The molecular formula is C14H16ClO3-. The first kappa shape index (κ1) is 13.4. The number of carboxylic acids is 1. The third-order valence-electron chi connectivity index (χ3n) is 3.32. The Morgan fingerprint density at radius 2 is 1.94 bits per heavy atom. The second-order valence-corrected chi connectivity index (χ2v) is 5.19. The van der Waals surface area contributed by atoms with Gasteiger partial charge in [-0.05, 0) is 37.0 Å². The highest BCUT2D eigenvalue weighted by Crippen LogP contribution is 2.32.